The number of carbonyl (C=O) groups is 1. The average molecular weight is 212 g/mol. The summed E-state index contributed by atoms with van der Waals surface area (Å²) < 4.78 is 5.65. The van der Waals surface area contributed by atoms with Crippen molar-refractivity contribution in [3.63, 3.8) is 0 Å². The maximum atomic E-state index is 11.7. The zero-order valence-electron chi connectivity index (χ0n) is 9.58. The number of amides is 1. The Morgan fingerprint density at radius 2 is 2.47 bits per heavy atom. The molecule has 0 aromatic carbocycles. The summed E-state index contributed by atoms with van der Waals surface area (Å²) in [6.45, 7) is 4.57. The lowest BCUT2D eigenvalue weighted by atomic mass is 9.96. The molecule has 1 aliphatic heterocycles. The van der Waals surface area contributed by atoms with Crippen LogP contribution < -0.4 is 5.32 Å². The molecule has 0 aromatic rings. The summed E-state index contributed by atoms with van der Waals surface area (Å²) in [6.07, 6.45) is 3.08. The molecule has 86 valence electrons. The summed E-state index contributed by atoms with van der Waals surface area (Å²) in [5, 5.41) is 3.35. The van der Waals surface area contributed by atoms with E-state index < -0.39 is 0 Å². The van der Waals surface area contributed by atoms with E-state index in [1.165, 1.54) is 6.42 Å². The number of piperidine rings is 1. The molecule has 4 heteroatoms. The van der Waals surface area contributed by atoms with Gasteiger partial charge in [0.1, 0.15) is 5.60 Å². The van der Waals surface area contributed by atoms with Crippen molar-refractivity contribution in [2.75, 3.05) is 26.7 Å². The fraction of sp³-hybridized carbons (Fsp3) is 0.909. The quantitative estimate of drug-likeness (QED) is 0.748. The van der Waals surface area contributed by atoms with Gasteiger partial charge in [-0.15, -0.1) is 0 Å². The molecule has 1 saturated carbocycles. The number of rotatable bonds is 2. The summed E-state index contributed by atoms with van der Waals surface area (Å²) in [5.41, 5.74) is -0.205. The number of carbonyl (C=O) groups excluding carboxylic acids is 1. The number of hydrogen-bond acceptors (Lipinski definition) is 3. The molecule has 2 atom stereocenters. The fourth-order valence-corrected chi connectivity index (χ4v) is 2.56. The summed E-state index contributed by atoms with van der Waals surface area (Å²) in [4.78, 5) is 13.3. The van der Waals surface area contributed by atoms with E-state index in [4.69, 9.17) is 4.74 Å². The van der Waals surface area contributed by atoms with Gasteiger partial charge in [-0.2, -0.15) is 0 Å². The van der Waals surface area contributed by atoms with Crippen LogP contribution in [-0.4, -0.2) is 43.3 Å². The SMILES string of the molecule is CCN(C)C(=O)OC12CCC(CNC1)C2. The van der Waals surface area contributed by atoms with Crippen LogP contribution in [0.1, 0.15) is 26.2 Å². The molecule has 1 N–H and O–H groups in total. The van der Waals surface area contributed by atoms with Crippen molar-refractivity contribution in [1.82, 2.24) is 10.2 Å². The van der Waals surface area contributed by atoms with Crippen molar-refractivity contribution in [1.29, 1.82) is 0 Å². The van der Waals surface area contributed by atoms with Crippen molar-refractivity contribution < 1.29 is 9.53 Å². The third kappa shape index (κ3) is 2.09. The van der Waals surface area contributed by atoms with Crippen LogP contribution in [0.3, 0.4) is 0 Å². The molecule has 1 heterocycles. The highest BCUT2D eigenvalue weighted by Crippen LogP contribution is 2.39. The van der Waals surface area contributed by atoms with E-state index in [1.807, 2.05) is 6.92 Å². The van der Waals surface area contributed by atoms with Crippen LogP contribution in [0.2, 0.25) is 0 Å². The first-order chi connectivity index (χ1) is 7.15. The monoisotopic (exact) mass is 212 g/mol. The molecule has 2 rings (SSSR count). The molecule has 0 radical (unpaired) electrons. The van der Waals surface area contributed by atoms with E-state index in [9.17, 15) is 4.79 Å². The van der Waals surface area contributed by atoms with Gasteiger partial charge in [0.2, 0.25) is 0 Å². The van der Waals surface area contributed by atoms with E-state index in [2.05, 4.69) is 5.32 Å². The maximum absolute atomic E-state index is 11.7. The second kappa shape index (κ2) is 4.00. The first-order valence-electron chi connectivity index (χ1n) is 5.80. The molecule has 0 spiro atoms. The predicted octanol–water partition coefficient (Wildman–Crippen LogP) is 1.22. The first-order valence-corrected chi connectivity index (χ1v) is 5.80. The fourth-order valence-electron chi connectivity index (χ4n) is 2.56. The van der Waals surface area contributed by atoms with Gasteiger partial charge in [-0.1, -0.05) is 0 Å². The molecule has 1 aliphatic carbocycles. The second-order valence-electron chi connectivity index (χ2n) is 4.80. The van der Waals surface area contributed by atoms with Gasteiger partial charge in [-0.05, 0) is 38.6 Å². The number of ether oxygens (including phenoxy) is 1. The Balaban J connectivity index is 1.96. The van der Waals surface area contributed by atoms with Gasteiger partial charge in [0.15, 0.2) is 0 Å². The number of nitrogens with one attached hydrogen (secondary N) is 1. The molecule has 2 aliphatic rings. The Hall–Kier alpha value is -0.770. The Bertz CT molecular complexity index is 253. The summed E-state index contributed by atoms with van der Waals surface area (Å²) in [5.74, 6) is 0.707. The van der Waals surface area contributed by atoms with Gasteiger partial charge >= 0.3 is 6.09 Å². The topological polar surface area (TPSA) is 41.6 Å². The van der Waals surface area contributed by atoms with Gasteiger partial charge in [-0.25, -0.2) is 4.79 Å². The minimum absolute atomic E-state index is 0.179. The molecule has 1 saturated heterocycles. The van der Waals surface area contributed by atoms with Crippen LogP contribution in [0.4, 0.5) is 4.79 Å². The van der Waals surface area contributed by atoms with Gasteiger partial charge in [0.25, 0.3) is 0 Å². The lowest BCUT2D eigenvalue weighted by Gasteiger charge is -2.34. The highest BCUT2D eigenvalue weighted by Gasteiger charge is 2.45. The molecular formula is C11H20N2O2. The van der Waals surface area contributed by atoms with Crippen LogP contribution >= 0.6 is 0 Å². The maximum Gasteiger partial charge on any atom is 0.410 e. The smallest absolute Gasteiger partial charge is 0.410 e. The highest BCUT2D eigenvalue weighted by molar-refractivity contribution is 5.67. The zero-order valence-corrected chi connectivity index (χ0v) is 9.58. The summed E-state index contributed by atoms with van der Waals surface area (Å²) >= 11 is 0. The number of nitrogens with zero attached hydrogens (tertiary/aromatic N) is 1. The normalized spacial score (nSPS) is 33.9. The molecule has 0 aromatic heterocycles. The van der Waals surface area contributed by atoms with Crippen LogP contribution in [-0.2, 0) is 4.74 Å². The van der Waals surface area contributed by atoms with E-state index in [1.54, 1.807) is 11.9 Å². The average Bonchev–Trinajstić information content (AvgIpc) is 2.52. The second-order valence-corrected chi connectivity index (χ2v) is 4.80. The van der Waals surface area contributed by atoms with Gasteiger partial charge < -0.3 is 15.0 Å². The van der Waals surface area contributed by atoms with Gasteiger partial charge in [0, 0.05) is 20.1 Å². The van der Waals surface area contributed by atoms with Gasteiger partial charge in [0.05, 0.1) is 0 Å². The van der Waals surface area contributed by atoms with Crippen LogP contribution in [0.5, 0.6) is 0 Å². The predicted molar refractivity (Wildman–Crippen MR) is 57.7 cm³/mol. The van der Waals surface area contributed by atoms with Crippen molar-refractivity contribution in [3.05, 3.63) is 0 Å². The van der Waals surface area contributed by atoms with Crippen molar-refractivity contribution in [2.24, 2.45) is 5.92 Å². The van der Waals surface area contributed by atoms with Crippen molar-refractivity contribution in [3.8, 4) is 0 Å². The third-order valence-corrected chi connectivity index (χ3v) is 3.64. The molecule has 15 heavy (non-hydrogen) atoms. The standard InChI is InChI=1S/C11H20N2O2/c1-3-13(2)10(14)15-11-5-4-9(6-11)7-12-8-11/h9,12H,3-8H2,1-2H3. The molecule has 1 amide bonds. The van der Waals surface area contributed by atoms with Crippen LogP contribution in [0, 0.1) is 5.92 Å². The number of fused-ring (bicyclic) bond motifs is 2. The lowest BCUT2D eigenvalue weighted by Crippen LogP contribution is -2.49. The summed E-state index contributed by atoms with van der Waals surface area (Å²) in [7, 11) is 1.78. The highest BCUT2D eigenvalue weighted by atomic mass is 16.6. The van der Waals surface area contributed by atoms with E-state index in [0.717, 1.165) is 25.9 Å². The van der Waals surface area contributed by atoms with Gasteiger partial charge in [-0.3, -0.25) is 0 Å². The van der Waals surface area contributed by atoms with E-state index in [-0.39, 0.29) is 11.7 Å². The zero-order chi connectivity index (χ0) is 10.9. The Kier molecular flexibility index (Phi) is 2.87. The third-order valence-electron chi connectivity index (χ3n) is 3.64. The van der Waals surface area contributed by atoms with E-state index in [0.29, 0.717) is 12.5 Å². The Labute approximate surface area is 91.0 Å². The van der Waals surface area contributed by atoms with Crippen molar-refractivity contribution in [2.45, 2.75) is 31.8 Å². The largest absolute Gasteiger partial charge is 0.441 e. The van der Waals surface area contributed by atoms with Crippen LogP contribution in [0.25, 0.3) is 0 Å². The Morgan fingerprint density at radius 1 is 1.67 bits per heavy atom. The molecule has 2 fully saturated rings. The molecule has 2 bridgehead atoms. The summed E-state index contributed by atoms with van der Waals surface area (Å²) in [6, 6.07) is 0. The van der Waals surface area contributed by atoms with E-state index >= 15 is 0 Å². The number of hydrogen-bond donors (Lipinski definition) is 1. The molecule has 2 unspecified atom stereocenters. The minimum Gasteiger partial charge on any atom is -0.441 e. The molecular weight excluding hydrogens is 192 g/mol. The first kappa shape index (κ1) is 10.7. The minimum atomic E-state index is -0.205. The lowest BCUT2D eigenvalue weighted by molar-refractivity contribution is -0.0107. The van der Waals surface area contributed by atoms with Crippen LogP contribution in [0.15, 0.2) is 0 Å². The van der Waals surface area contributed by atoms with Crippen molar-refractivity contribution >= 4 is 6.09 Å². The Morgan fingerprint density at radius 3 is 3.20 bits per heavy atom. The molecule has 4 nitrogen and oxygen atoms in total.